The Hall–Kier alpha value is -2.00. The Bertz CT molecular complexity index is 837. The van der Waals surface area contributed by atoms with E-state index in [1.807, 2.05) is 18.2 Å². The van der Waals surface area contributed by atoms with Gasteiger partial charge in [-0.25, -0.2) is 4.79 Å². The molecule has 0 saturated carbocycles. The Morgan fingerprint density at radius 2 is 1.65 bits per heavy atom. The van der Waals surface area contributed by atoms with Gasteiger partial charge in [-0.2, -0.15) is 0 Å². The Morgan fingerprint density at radius 1 is 0.962 bits per heavy atom. The third-order valence-electron chi connectivity index (χ3n) is 3.31. The van der Waals surface area contributed by atoms with Gasteiger partial charge in [-0.3, -0.25) is 0 Å². The number of esters is 1. The highest BCUT2D eigenvalue weighted by atomic mass is 35.5. The van der Waals surface area contributed by atoms with Gasteiger partial charge in [0.05, 0.1) is 0 Å². The lowest BCUT2D eigenvalue weighted by Crippen LogP contribution is -2.09. The lowest BCUT2D eigenvalue weighted by atomic mass is 10.2. The van der Waals surface area contributed by atoms with E-state index in [0.717, 1.165) is 11.1 Å². The van der Waals surface area contributed by atoms with Gasteiger partial charge in [0.25, 0.3) is 0 Å². The molecular formula is C21H17Cl3O2. The molecule has 0 spiro atoms. The molecule has 0 fully saturated rings. The van der Waals surface area contributed by atoms with E-state index in [-0.39, 0.29) is 6.10 Å². The van der Waals surface area contributed by atoms with Gasteiger partial charge in [0.1, 0.15) is 6.10 Å². The zero-order valence-corrected chi connectivity index (χ0v) is 16.3. The molecule has 0 amide bonds. The minimum absolute atomic E-state index is 0.350. The van der Waals surface area contributed by atoms with Crippen molar-refractivity contribution in [1.82, 2.24) is 0 Å². The molecule has 0 saturated heterocycles. The molecule has 0 bridgehead atoms. The van der Waals surface area contributed by atoms with Gasteiger partial charge in [0.2, 0.25) is 0 Å². The first kappa shape index (κ1) is 20.3. The predicted octanol–water partition coefficient (Wildman–Crippen LogP) is 6.86. The fourth-order valence-corrected chi connectivity index (χ4v) is 2.61. The van der Waals surface area contributed by atoms with Crippen molar-refractivity contribution in [3.8, 4) is 0 Å². The minimum Gasteiger partial charge on any atom is -0.455 e. The van der Waals surface area contributed by atoms with Crippen molar-refractivity contribution in [2.24, 2.45) is 0 Å². The molecule has 0 unspecified atom stereocenters. The first-order chi connectivity index (χ1) is 12.4. The molecule has 0 heterocycles. The summed E-state index contributed by atoms with van der Waals surface area (Å²) in [5.41, 5.74) is 1.80. The molecule has 5 heteroatoms. The van der Waals surface area contributed by atoms with Crippen LogP contribution < -0.4 is 0 Å². The van der Waals surface area contributed by atoms with E-state index in [4.69, 9.17) is 39.5 Å². The second kappa shape index (κ2) is 10.2. The molecule has 2 aromatic carbocycles. The summed E-state index contributed by atoms with van der Waals surface area (Å²) in [6, 6.07) is 12.6. The number of rotatable bonds is 6. The number of benzene rings is 2. The number of carbonyl (C=O) groups excluding carboxylic acids is 1. The third-order valence-corrected chi connectivity index (χ3v) is 4.13. The highest BCUT2D eigenvalue weighted by molar-refractivity contribution is 6.35. The molecular weight excluding hydrogens is 391 g/mol. The monoisotopic (exact) mass is 406 g/mol. The van der Waals surface area contributed by atoms with Crippen LogP contribution in [0.2, 0.25) is 15.1 Å². The zero-order valence-electron chi connectivity index (χ0n) is 14.0. The number of halogens is 3. The maximum atomic E-state index is 11.8. The largest absolute Gasteiger partial charge is 0.455 e. The smallest absolute Gasteiger partial charge is 0.331 e. The Morgan fingerprint density at radius 3 is 2.35 bits per heavy atom. The van der Waals surface area contributed by atoms with E-state index in [2.05, 4.69) is 0 Å². The van der Waals surface area contributed by atoms with Gasteiger partial charge >= 0.3 is 5.97 Å². The van der Waals surface area contributed by atoms with Gasteiger partial charge in [-0.15, -0.1) is 0 Å². The lowest BCUT2D eigenvalue weighted by Gasteiger charge is -2.06. The van der Waals surface area contributed by atoms with E-state index in [0.29, 0.717) is 15.1 Å². The van der Waals surface area contributed by atoms with Crippen LogP contribution in [0.1, 0.15) is 18.1 Å². The van der Waals surface area contributed by atoms with E-state index in [1.165, 1.54) is 6.08 Å². The number of hydrogen-bond acceptors (Lipinski definition) is 2. The molecule has 0 aliphatic rings. The minimum atomic E-state index is -0.426. The standard InChI is InChI=1S/C21H17Cl3O2/c1-15(6-7-16-8-11-18(22)12-9-16)26-21(25)5-3-2-4-17-10-13-19(23)14-20(17)24/h2-15H,1H3/b4-2+,5-3+,7-6-/t15-/m1/s1. The predicted molar refractivity (Wildman–Crippen MR) is 111 cm³/mol. The SMILES string of the molecule is C[C@H](/C=C\c1ccc(Cl)cc1)OC(=O)/C=C/C=C/c1ccc(Cl)cc1Cl. The fourth-order valence-electron chi connectivity index (χ4n) is 2.01. The highest BCUT2D eigenvalue weighted by Gasteiger charge is 2.02. The van der Waals surface area contributed by atoms with Crippen LogP contribution in [-0.4, -0.2) is 12.1 Å². The fraction of sp³-hybridized carbons (Fsp3) is 0.0952. The summed E-state index contributed by atoms with van der Waals surface area (Å²) in [7, 11) is 0. The molecule has 0 N–H and O–H groups in total. The molecule has 26 heavy (non-hydrogen) atoms. The molecule has 134 valence electrons. The van der Waals surface area contributed by atoms with Gasteiger partial charge in [-0.1, -0.05) is 77.3 Å². The Labute approximate surface area is 168 Å². The van der Waals surface area contributed by atoms with E-state index >= 15 is 0 Å². The van der Waals surface area contributed by atoms with Crippen molar-refractivity contribution >= 4 is 52.9 Å². The van der Waals surface area contributed by atoms with Crippen molar-refractivity contribution in [3.63, 3.8) is 0 Å². The van der Waals surface area contributed by atoms with Crippen molar-refractivity contribution in [3.05, 3.63) is 93.0 Å². The van der Waals surface area contributed by atoms with Gasteiger partial charge in [0.15, 0.2) is 0 Å². The normalized spacial score (nSPS) is 12.9. The first-order valence-electron chi connectivity index (χ1n) is 7.88. The summed E-state index contributed by atoms with van der Waals surface area (Å²) >= 11 is 17.8. The van der Waals surface area contributed by atoms with E-state index in [9.17, 15) is 4.79 Å². The zero-order chi connectivity index (χ0) is 18.9. The Balaban J connectivity index is 1.84. The van der Waals surface area contributed by atoms with Crippen molar-refractivity contribution < 1.29 is 9.53 Å². The van der Waals surface area contributed by atoms with Gasteiger partial charge in [-0.05, 0) is 48.4 Å². The lowest BCUT2D eigenvalue weighted by molar-refractivity contribution is -0.140. The average molecular weight is 408 g/mol. The first-order valence-corrected chi connectivity index (χ1v) is 9.01. The van der Waals surface area contributed by atoms with Crippen molar-refractivity contribution in [1.29, 1.82) is 0 Å². The van der Waals surface area contributed by atoms with Gasteiger partial charge < -0.3 is 4.74 Å². The molecule has 0 aliphatic heterocycles. The molecule has 0 radical (unpaired) electrons. The van der Waals surface area contributed by atoms with Crippen LogP contribution in [0.15, 0.2) is 66.8 Å². The van der Waals surface area contributed by atoms with Crippen LogP contribution in [0.3, 0.4) is 0 Å². The molecule has 0 aliphatic carbocycles. The number of carbonyl (C=O) groups is 1. The quantitative estimate of drug-likeness (QED) is 0.297. The van der Waals surface area contributed by atoms with Crippen molar-refractivity contribution in [2.75, 3.05) is 0 Å². The maximum Gasteiger partial charge on any atom is 0.331 e. The summed E-state index contributed by atoms with van der Waals surface area (Å²) < 4.78 is 5.27. The van der Waals surface area contributed by atoms with Crippen molar-refractivity contribution in [2.45, 2.75) is 13.0 Å². The van der Waals surface area contributed by atoms with Crippen LogP contribution in [-0.2, 0) is 9.53 Å². The van der Waals surface area contributed by atoms with Crippen LogP contribution in [0.5, 0.6) is 0 Å². The van der Waals surface area contributed by atoms with Crippen LogP contribution in [0.25, 0.3) is 12.2 Å². The summed E-state index contributed by atoms with van der Waals surface area (Å²) in [5, 5.41) is 1.80. The van der Waals surface area contributed by atoms with Crippen LogP contribution in [0, 0.1) is 0 Å². The maximum absolute atomic E-state index is 11.8. The second-order valence-electron chi connectivity index (χ2n) is 5.44. The number of ether oxygens (including phenoxy) is 1. The molecule has 2 rings (SSSR count). The summed E-state index contributed by atoms with van der Waals surface area (Å²) in [4.78, 5) is 11.8. The number of hydrogen-bond donors (Lipinski definition) is 0. The molecule has 1 atom stereocenters. The van der Waals surface area contributed by atoms with E-state index < -0.39 is 5.97 Å². The van der Waals surface area contributed by atoms with E-state index in [1.54, 1.807) is 61.6 Å². The summed E-state index contributed by atoms with van der Waals surface area (Å²) in [6.45, 7) is 1.79. The number of allylic oxidation sites excluding steroid dienone is 2. The second-order valence-corrected chi connectivity index (χ2v) is 6.72. The molecule has 2 aromatic rings. The highest BCUT2D eigenvalue weighted by Crippen LogP contribution is 2.21. The molecule has 0 aromatic heterocycles. The third kappa shape index (κ3) is 7.09. The summed E-state index contributed by atoms with van der Waals surface area (Å²) in [5.74, 6) is -0.426. The van der Waals surface area contributed by atoms with Crippen LogP contribution in [0.4, 0.5) is 0 Å². The summed E-state index contributed by atoms with van der Waals surface area (Å²) in [6.07, 6.45) is 9.78. The Kier molecular flexibility index (Phi) is 7.99. The molecule has 2 nitrogen and oxygen atoms in total. The average Bonchev–Trinajstić information content (AvgIpc) is 2.59. The van der Waals surface area contributed by atoms with Crippen LogP contribution >= 0.6 is 34.8 Å². The van der Waals surface area contributed by atoms with Gasteiger partial charge in [0, 0.05) is 21.1 Å². The topological polar surface area (TPSA) is 26.3 Å².